The molecule has 0 bridgehead atoms. The molecule has 2 amide bonds. The van der Waals surface area contributed by atoms with Crippen molar-refractivity contribution in [3.05, 3.63) is 48.5 Å². The van der Waals surface area contributed by atoms with Crippen molar-refractivity contribution in [1.82, 2.24) is 5.32 Å². The lowest BCUT2D eigenvalue weighted by Gasteiger charge is -2.10. The highest BCUT2D eigenvalue weighted by atomic mass is 35.5. The molecule has 0 unspecified atom stereocenters. The minimum absolute atomic E-state index is 0.0255. The molecule has 0 spiro atoms. The molecule has 0 aliphatic heterocycles. The van der Waals surface area contributed by atoms with Gasteiger partial charge in [-0.15, -0.1) is 11.6 Å². The van der Waals surface area contributed by atoms with E-state index in [9.17, 15) is 13.2 Å². The molecule has 7 nitrogen and oxygen atoms in total. The van der Waals surface area contributed by atoms with Gasteiger partial charge in [-0.1, -0.05) is 13.3 Å². The first-order valence-corrected chi connectivity index (χ1v) is 10.8. The van der Waals surface area contributed by atoms with Crippen molar-refractivity contribution >= 4 is 33.4 Å². The number of urea groups is 1. The summed E-state index contributed by atoms with van der Waals surface area (Å²) in [6, 6.07) is 11.6. The van der Waals surface area contributed by atoms with E-state index in [0.29, 0.717) is 30.5 Å². The van der Waals surface area contributed by atoms with Gasteiger partial charge in [-0.3, -0.25) is 0 Å². The van der Waals surface area contributed by atoms with E-state index in [1.54, 1.807) is 12.1 Å². The monoisotopic (exact) mass is 426 g/mol. The summed E-state index contributed by atoms with van der Waals surface area (Å²) in [6.45, 7) is 3.01. The van der Waals surface area contributed by atoms with Gasteiger partial charge in [-0.05, 0) is 55.0 Å². The van der Waals surface area contributed by atoms with Gasteiger partial charge in [0.25, 0.3) is 0 Å². The molecule has 0 atom stereocenters. The van der Waals surface area contributed by atoms with Crippen LogP contribution in [0.15, 0.2) is 53.4 Å². The van der Waals surface area contributed by atoms with Crippen molar-refractivity contribution in [2.45, 2.75) is 24.7 Å². The molecule has 0 aliphatic rings. The first-order valence-electron chi connectivity index (χ1n) is 8.83. The number of alkyl halides is 1. The van der Waals surface area contributed by atoms with Crippen LogP contribution >= 0.6 is 11.6 Å². The number of halogens is 1. The van der Waals surface area contributed by atoms with Gasteiger partial charge in [0.1, 0.15) is 16.4 Å². The molecule has 0 radical (unpaired) electrons. The maximum Gasteiger partial charge on any atom is 0.339 e. The third-order valence-corrected chi connectivity index (χ3v) is 5.03. The number of carbonyl (C=O) groups is 1. The second-order valence-electron chi connectivity index (χ2n) is 5.81. The predicted octanol–water partition coefficient (Wildman–Crippen LogP) is 3.99. The average Bonchev–Trinajstić information content (AvgIpc) is 2.68. The highest BCUT2D eigenvalue weighted by Crippen LogP contribution is 2.23. The Morgan fingerprint density at radius 3 is 2.29 bits per heavy atom. The number of hydrogen-bond donors (Lipinski definition) is 2. The van der Waals surface area contributed by atoms with Crippen LogP contribution in [-0.4, -0.2) is 33.5 Å². The summed E-state index contributed by atoms with van der Waals surface area (Å²) in [5, 5.41) is 5.12. The van der Waals surface area contributed by atoms with Crippen molar-refractivity contribution in [2.24, 2.45) is 0 Å². The summed E-state index contributed by atoms with van der Waals surface area (Å²) >= 11 is 5.49. The Kier molecular flexibility index (Phi) is 8.41. The number of nitrogens with one attached hydrogen (secondary N) is 2. The summed E-state index contributed by atoms with van der Waals surface area (Å²) in [5.74, 6) is 1.14. The largest absolute Gasteiger partial charge is 0.494 e. The lowest BCUT2D eigenvalue weighted by atomic mass is 10.3. The SMILES string of the molecule is CCCCOc1ccc(OS(=O)(=O)c2ccc(NC(=O)NCCCl)cc2)cc1. The molecule has 0 aliphatic carbocycles. The van der Waals surface area contributed by atoms with Crippen LogP contribution in [0, 0.1) is 0 Å². The molecule has 152 valence electrons. The number of hydrogen-bond acceptors (Lipinski definition) is 5. The standard InChI is InChI=1S/C19H23ClN2O5S/c1-2-3-14-26-16-6-8-17(9-7-16)27-28(24,25)18-10-4-15(5-11-18)22-19(23)21-13-12-20/h4-11H,2-3,12-14H2,1H3,(H2,21,22,23). The Morgan fingerprint density at radius 1 is 1.04 bits per heavy atom. The summed E-state index contributed by atoms with van der Waals surface area (Å²) in [4.78, 5) is 11.5. The van der Waals surface area contributed by atoms with Gasteiger partial charge in [-0.25, -0.2) is 4.79 Å². The zero-order valence-corrected chi connectivity index (χ0v) is 17.1. The van der Waals surface area contributed by atoms with Gasteiger partial charge in [-0.2, -0.15) is 8.42 Å². The molecular weight excluding hydrogens is 404 g/mol. The van der Waals surface area contributed by atoms with E-state index in [2.05, 4.69) is 17.6 Å². The highest BCUT2D eigenvalue weighted by molar-refractivity contribution is 7.87. The van der Waals surface area contributed by atoms with Crippen LogP contribution in [0.5, 0.6) is 11.5 Å². The van der Waals surface area contributed by atoms with Crippen LogP contribution in [0.1, 0.15) is 19.8 Å². The van der Waals surface area contributed by atoms with Gasteiger partial charge < -0.3 is 19.6 Å². The first-order chi connectivity index (χ1) is 13.4. The van der Waals surface area contributed by atoms with Gasteiger partial charge >= 0.3 is 16.1 Å². The van der Waals surface area contributed by atoms with Crippen LogP contribution in [0.3, 0.4) is 0 Å². The van der Waals surface area contributed by atoms with E-state index >= 15 is 0 Å². The van der Waals surface area contributed by atoms with Crippen molar-refractivity contribution < 1.29 is 22.1 Å². The molecule has 0 saturated heterocycles. The number of benzene rings is 2. The molecule has 2 aromatic rings. The molecule has 0 saturated carbocycles. The topological polar surface area (TPSA) is 93.7 Å². The fraction of sp³-hybridized carbons (Fsp3) is 0.316. The minimum Gasteiger partial charge on any atom is -0.494 e. The van der Waals surface area contributed by atoms with E-state index in [1.165, 1.54) is 36.4 Å². The van der Waals surface area contributed by atoms with E-state index in [4.69, 9.17) is 20.5 Å². The van der Waals surface area contributed by atoms with Gasteiger partial charge in [0.15, 0.2) is 0 Å². The van der Waals surface area contributed by atoms with E-state index in [0.717, 1.165) is 12.8 Å². The minimum atomic E-state index is -3.99. The Bertz CT molecular complexity index is 855. The molecule has 2 aromatic carbocycles. The highest BCUT2D eigenvalue weighted by Gasteiger charge is 2.17. The lowest BCUT2D eigenvalue weighted by Crippen LogP contribution is -2.30. The Balaban J connectivity index is 1.97. The number of anilines is 1. The third-order valence-electron chi connectivity index (χ3n) is 3.58. The van der Waals surface area contributed by atoms with Crippen LogP contribution in [0.25, 0.3) is 0 Å². The lowest BCUT2D eigenvalue weighted by molar-refractivity contribution is 0.252. The summed E-state index contributed by atoms with van der Waals surface area (Å²) in [6.07, 6.45) is 1.98. The molecule has 9 heteroatoms. The van der Waals surface area contributed by atoms with Crippen LogP contribution in [-0.2, 0) is 10.1 Å². The van der Waals surface area contributed by atoms with E-state index in [-0.39, 0.29) is 10.6 Å². The number of carbonyl (C=O) groups excluding carboxylic acids is 1. The van der Waals surface area contributed by atoms with Crippen molar-refractivity contribution in [1.29, 1.82) is 0 Å². The third kappa shape index (κ3) is 6.94. The first kappa shape index (κ1) is 21.8. The number of ether oxygens (including phenoxy) is 1. The average molecular weight is 427 g/mol. The van der Waals surface area contributed by atoms with Crippen LogP contribution in [0.4, 0.5) is 10.5 Å². The van der Waals surface area contributed by atoms with Gasteiger partial charge in [0.2, 0.25) is 0 Å². The van der Waals surface area contributed by atoms with E-state index in [1.807, 2.05) is 0 Å². The van der Waals surface area contributed by atoms with E-state index < -0.39 is 16.1 Å². The normalized spacial score (nSPS) is 10.9. The Labute approximate surface area is 170 Å². The maximum atomic E-state index is 12.4. The molecular formula is C19H23ClN2O5S. The van der Waals surface area contributed by atoms with Crippen molar-refractivity contribution in [3.8, 4) is 11.5 Å². The molecule has 0 aromatic heterocycles. The zero-order valence-electron chi connectivity index (χ0n) is 15.5. The summed E-state index contributed by atoms with van der Waals surface area (Å²) in [5.41, 5.74) is 0.444. The fourth-order valence-electron chi connectivity index (χ4n) is 2.14. The van der Waals surface area contributed by atoms with Crippen LogP contribution < -0.4 is 19.6 Å². The zero-order chi connectivity index (χ0) is 20.4. The second-order valence-corrected chi connectivity index (χ2v) is 7.73. The second kappa shape index (κ2) is 10.8. The number of unbranched alkanes of at least 4 members (excludes halogenated alkanes) is 1. The fourth-order valence-corrected chi connectivity index (χ4v) is 3.17. The van der Waals surface area contributed by atoms with Crippen molar-refractivity contribution in [3.63, 3.8) is 0 Å². The molecule has 0 fully saturated rings. The summed E-state index contributed by atoms with van der Waals surface area (Å²) < 4.78 is 35.5. The van der Waals surface area contributed by atoms with Crippen molar-refractivity contribution in [2.75, 3.05) is 24.3 Å². The smallest absolute Gasteiger partial charge is 0.339 e. The maximum absolute atomic E-state index is 12.4. The Hall–Kier alpha value is -2.45. The van der Waals surface area contributed by atoms with Crippen LogP contribution in [0.2, 0.25) is 0 Å². The quantitative estimate of drug-likeness (QED) is 0.340. The molecule has 28 heavy (non-hydrogen) atoms. The molecule has 2 rings (SSSR count). The predicted molar refractivity (Wildman–Crippen MR) is 109 cm³/mol. The van der Waals surface area contributed by atoms with Gasteiger partial charge in [0, 0.05) is 18.1 Å². The Morgan fingerprint density at radius 2 is 1.68 bits per heavy atom. The number of amides is 2. The molecule has 2 N–H and O–H groups in total. The van der Waals surface area contributed by atoms with Gasteiger partial charge in [0.05, 0.1) is 6.61 Å². The summed E-state index contributed by atoms with van der Waals surface area (Å²) in [7, 11) is -3.99. The number of rotatable bonds is 10. The molecule has 0 heterocycles.